The predicted octanol–water partition coefficient (Wildman–Crippen LogP) is 3.56. The molecule has 0 aromatic rings. The molecule has 0 aliphatic carbocycles. The second-order valence-corrected chi connectivity index (χ2v) is 6.85. The van der Waals surface area contributed by atoms with Crippen molar-refractivity contribution in [2.24, 2.45) is 0 Å². The van der Waals surface area contributed by atoms with Gasteiger partial charge in [-0.05, 0) is 26.2 Å². The van der Waals surface area contributed by atoms with Crippen LogP contribution >= 0.6 is 0 Å². The third-order valence-electron chi connectivity index (χ3n) is 2.11. The monoisotopic (exact) mass is 266 g/mol. The topological polar surface area (TPSA) is 27.7 Å². The zero-order valence-electron chi connectivity index (χ0n) is 11.6. The second kappa shape index (κ2) is 10.00. The van der Waals surface area contributed by atoms with E-state index in [1.807, 2.05) is 20.8 Å². The summed E-state index contributed by atoms with van der Waals surface area (Å²) < 4.78 is 30.5. The Labute approximate surface area is 106 Å². The van der Waals surface area contributed by atoms with Crippen molar-refractivity contribution < 1.29 is 17.7 Å². The van der Waals surface area contributed by atoms with Crippen molar-refractivity contribution >= 4 is 8.80 Å². The summed E-state index contributed by atoms with van der Waals surface area (Å²) in [5, 5.41) is 0. The second-order valence-electron chi connectivity index (χ2n) is 4.21. The van der Waals surface area contributed by atoms with Crippen LogP contribution in [0.5, 0.6) is 0 Å². The first-order valence-corrected chi connectivity index (χ1v) is 8.59. The van der Waals surface area contributed by atoms with Crippen LogP contribution in [0.25, 0.3) is 0 Å². The Bertz CT molecular complexity index is 157. The van der Waals surface area contributed by atoms with Crippen LogP contribution in [0, 0.1) is 0 Å². The molecule has 5 heteroatoms. The van der Waals surface area contributed by atoms with Crippen molar-refractivity contribution in [2.75, 3.05) is 19.8 Å². The number of hydrogen-bond acceptors (Lipinski definition) is 3. The summed E-state index contributed by atoms with van der Waals surface area (Å²) in [6, 6.07) is 0.257. The van der Waals surface area contributed by atoms with Gasteiger partial charge in [0.1, 0.15) is 6.17 Å². The molecule has 0 amide bonds. The molecule has 1 unspecified atom stereocenters. The normalized spacial score (nSPS) is 13.9. The van der Waals surface area contributed by atoms with E-state index in [0.29, 0.717) is 19.8 Å². The van der Waals surface area contributed by atoms with Crippen LogP contribution in [0.4, 0.5) is 4.39 Å². The van der Waals surface area contributed by atoms with Gasteiger partial charge < -0.3 is 13.3 Å². The van der Waals surface area contributed by atoms with E-state index in [4.69, 9.17) is 13.3 Å². The highest BCUT2D eigenvalue weighted by Crippen LogP contribution is 2.20. The molecule has 0 aliphatic heterocycles. The van der Waals surface area contributed by atoms with Gasteiger partial charge in [-0.2, -0.15) is 0 Å². The van der Waals surface area contributed by atoms with Gasteiger partial charge in [0.2, 0.25) is 0 Å². The van der Waals surface area contributed by atoms with Crippen molar-refractivity contribution in [3.63, 3.8) is 0 Å². The van der Waals surface area contributed by atoms with Gasteiger partial charge in [-0.25, -0.2) is 4.39 Å². The Morgan fingerprint density at radius 2 is 1.24 bits per heavy atom. The molecule has 0 N–H and O–H groups in total. The lowest BCUT2D eigenvalue weighted by molar-refractivity contribution is 0.0540. The number of rotatable bonds is 11. The molecule has 0 aromatic heterocycles. The largest absolute Gasteiger partial charge is 0.503 e. The van der Waals surface area contributed by atoms with Crippen LogP contribution in [0.3, 0.4) is 0 Å². The molecule has 17 heavy (non-hydrogen) atoms. The fourth-order valence-corrected chi connectivity index (χ4v) is 4.26. The molecule has 0 radical (unpaired) electrons. The van der Waals surface area contributed by atoms with Gasteiger partial charge in [0.25, 0.3) is 0 Å². The molecular weight excluding hydrogens is 239 g/mol. The minimum atomic E-state index is -2.80. The lowest BCUT2D eigenvalue weighted by atomic mass is 10.5. The van der Waals surface area contributed by atoms with E-state index < -0.39 is 15.0 Å². The number of hydrogen-bond donors (Lipinski definition) is 0. The maximum absolute atomic E-state index is 13.3. The Morgan fingerprint density at radius 1 is 0.882 bits per heavy atom. The minimum absolute atomic E-state index is 0.257. The highest BCUT2D eigenvalue weighted by molar-refractivity contribution is 6.60. The molecule has 1 atom stereocenters. The van der Waals surface area contributed by atoms with E-state index in [0.717, 1.165) is 19.3 Å². The van der Waals surface area contributed by atoms with Crippen molar-refractivity contribution in [3.05, 3.63) is 0 Å². The summed E-state index contributed by atoms with van der Waals surface area (Å²) in [7, 11) is -2.80. The zero-order chi connectivity index (χ0) is 13.1. The van der Waals surface area contributed by atoms with Gasteiger partial charge in [-0.15, -0.1) is 0 Å². The van der Waals surface area contributed by atoms with E-state index >= 15 is 0 Å². The molecule has 0 aliphatic rings. The van der Waals surface area contributed by atoms with Crippen LogP contribution in [-0.4, -0.2) is 34.8 Å². The van der Waals surface area contributed by atoms with E-state index in [-0.39, 0.29) is 6.04 Å². The van der Waals surface area contributed by atoms with Crippen LogP contribution in [-0.2, 0) is 13.3 Å². The van der Waals surface area contributed by atoms with Gasteiger partial charge in [-0.1, -0.05) is 20.8 Å². The molecule has 0 heterocycles. The summed E-state index contributed by atoms with van der Waals surface area (Å²) in [6.45, 7) is 9.33. The molecular formula is C12H27FO3Si. The molecule has 104 valence electrons. The van der Waals surface area contributed by atoms with Crippen LogP contribution in [0.2, 0.25) is 6.04 Å². The fraction of sp³-hybridized carbons (Fsp3) is 1.00. The van der Waals surface area contributed by atoms with Crippen molar-refractivity contribution in [1.29, 1.82) is 0 Å². The summed E-state index contributed by atoms with van der Waals surface area (Å²) in [5.74, 6) is 0. The zero-order valence-corrected chi connectivity index (χ0v) is 12.6. The van der Waals surface area contributed by atoms with Gasteiger partial charge in [0, 0.05) is 25.9 Å². The molecule has 0 saturated heterocycles. The summed E-state index contributed by atoms with van der Waals surface area (Å²) in [4.78, 5) is 0. The first-order valence-electron chi connectivity index (χ1n) is 6.66. The highest BCUT2D eigenvalue weighted by Gasteiger charge is 2.42. The smallest absolute Gasteiger partial charge is 0.373 e. The van der Waals surface area contributed by atoms with E-state index in [2.05, 4.69) is 0 Å². The van der Waals surface area contributed by atoms with E-state index in [1.54, 1.807) is 0 Å². The first-order chi connectivity index (χ1) is 8.10. The average molecular weight is 266 g/mol. The Morgan fingerprint density at radius 3 is 1.47 bits per heavy atom. The third kappa shape index (κ3) is 7.86. The van der Waals surface area contributed by atoms with E-state index in [1.165, 1.54) is 6.92 Å². The molecule has 0 fully saturated rings. The maximum atomic E-state index is 13.3. The fourth-order valence-electron chi connectivity index (χ4n) is 1.42. The molecule has 0 rings (SSSR count). The molecule has 0 bridgehead atoms. The number of alkyl halides is 1. The lowest BCUT2D eigenvalue weighted by Crippen LogP contribution is -2.48. The van der Waals surface area contributed by atoms with Gasteiger partial charge in [0.05, 0.1) is 0 Å². The highest BCUT2D eigenvalue weighted by atomic mass is 28.4. The summed E-state index contributed by atoms with van der Waals surface area (Å²) >= 11 is 0. The Balaban J connectivity index is 4.51. The quantitative estimate of drug-likeness (QED) is 0.535. The van der Waals surface area contributed by atoms with Gasteiger partial charge >= 0.3 is 8.80 Å². The average Bonchev–Trinajstić information content (AvgIpc) is 2.30. The summed E-state index contributed by atoms with van der Waals surface area (Å²) in [5.41, 5.74) is 0. The first kappa shape index (κ1) is 17.0. The Kier molecular flexibility index (Phi) is 10.0. The van der Waals surface area contributed by atoms with Crippen molar-refractivity contribution in [3.8, 4) is 0 Å². The van der Waals surface area contributed by atoms with Crippen molar-refractivity contribution in [1.82, 2.24) is 0 Å². The molecule has 0 saturated carbocycles. The van der Waals surface area contributed by atoms with Gasteiger partial charge in [-0.3, -0.25) is 0 Å². The van der Waals surface area contributed by atoms with Crippen LogP contribution < -0.4 is 0 Å². The lowest BCUT2D eigenvalue weighted by Gasteiger charge is -2.30. The molecule has 0 spiro atoms. The van der Waals surface area contributed by atoms with E-state index in [9.17, 15) is 4.39 Å². The Hall–Kier alpha value is 0.0269. The summed E-state index contributed by atoms with van der Waals surface area (Å²) in [6.07, 6.45) is 1.72. The number of halogens is 1. The molecule has 0 aromatic carbocycles. The SMILES string of the molecule is CCCO[Si](CC(C)F)(OCCC)OCCC. The minimum Gasteiger partial charge on any atom is -0.373 e. The standard InChI is InChI=1S/C12H27FO3Si/c1-5-8-14-17(11-12(4)13,15-9-6-2)16-10-7-3/h12H,5-11H2,1-4H3. The predicted molar refractivity (Wildman–Crippen MR) is 69.9 cm³/mol. The van der Waals surface area contributed by atoms with Crippen LogP contribution in [0.15, 0.2) is 0 Å². The third-order valence-corrected chi connectivity index (χ3v) is 5.10. The maximum Gasteiger partial charge on any atom is 0.503 e. The molecule has 3 nitrogen and oxygen atoms in total. The van der Waals surface area contributed by atoms with Crippen molar-refractivity contribution in [2.45, 2.75) is 59.2 Å². The van der Waals surface area contributed by atoms with Gasteiger partial charge in [0.15, 0.2) is 0 Å². The van der Waals surface area contributed by atoms with Crippen LogP contribution in [0.1, 0.15) is 47.0 Å².